The summed E-state index contributed by atoms with van der Waals surface area (Å²) in [6.07, 6.45) is 2.87. The van der Waals surface area contributed by atoms with Gasteiger partial charge in [0, 0.05) is 13.7 Å². The van der Waals surface area contributed by atoms with Crippen LogP contribution in [0, 0.1) is 0 Å². The van der Waals surface area contributed by atoms with Crippen molar-refractivity contribution >= 4 is 6.29 Å². The number of aldehydes is 1. The van der Waals surface area contributed by atoms with Crippen LogP contribution in [0.25, 0.3) is 0 Å². The molecule has 0 aliphatic carbocycles. The Labute approximate surface area is 73.7 Å². The van der Waals surface area contributed by atoms with Gasteiger partial charge in [-0.3, -0.25) is 0 Å². The Balaban J connectivity index is 2.58. The van der Waals surface area contributed by atoms with Crippen molar-refractivity contribution < 1.29 is 9.53 Å². The summed E-state index contributed by atoms with van der Waals surface area (Å²) in [7, 11) is 1.62. The number of rotatable bonds is 3. The van der Waals surface area contributed by atoms with Crippen LogP contribution < -0.4 is 0 Å². The summed E-state index contributed by atoms with van der Waals surface area (Å²) in [6.45, 7) is 4.95. The fourth-order valence-corrected chi connectivity index (χ4v) is 1.72. The molecule has 1 rings (SSSR count). The number of hydrogen-bond donors (Lipinski definition) is 0. The van der Waals surface area contributed by atoms with Gasteiger partial charge in [0.1, 0.15) is 5.60 Å². The Hall–Kier alpha value is -0.410. The molecule has 1 atom stereocenters. The zero-order valence-corrected chi connectivity index (χ0v) is 7.88. The third-order valence-electron chi connectivity index (χ3n) is 2.63. The Bertz CT molecular complexity index is 161. The second-order valence-corrected chi connectivity index (χ2v) is 3.36. The summed E-state index contributed by atoms with van der Waals surface area (Å²) in [4.78, 5) is 13.1. The molecule has 3 nitrogen and oxygen atoms in total. The molecule has 12 heavy (non-hydrogen) atoms. The van der Waals surface area contributed by atoms with Crippen molar-refractivity contribution in [3.05, 3.63) is 0 Å². The van der Waals surface area contributed by atoms with E-state index in [2.05, 4.69) is 11.8 Å². The van der Waals surface area contributed by atoms with Crippen molar-refractivity contribution in [3.63, 3.8) is 0 Å². The first-order valence-electron chi connectivity index (χ1n) is 4.50. The second-order valence-electron chi connectivity index (χ2n) is 3.36. The molecule has 0 aromatic rings. The molecule has 0 aromatic carbocycles. The lowest BCUT2D eigenvalue weighted by Gasteiger charge is -2.37. The second kappa shape index (κ2) is 4.01. The van der Waals surface area contributed by atoms with Crippen molar-refractivity contribution in [3.8, 4) is 0 Å². The summed E-state index contributed by atoms with van der Waals surface area (Å²) < 4.78 is 5.25. The van der Waals surface area contributed by atoms with Crippen LogP contribution in [-0.4, -0.2) is 43.5 Å². The summed E-state index contributed by atoms with van der Waals surface area (Å²) in [5.74, 6) is 0. The maximum absolute atomic E-state index is 10.8. The Morgan fingerprint density at radius 1 is 1.67 bits per heavy atom. The van der Waals surface area contributed by atoms with E-state index in [-0.39, 0.29) is 0 Å². The SMILES string of the molecule is CCN1CCCC(C=O)(OC)C1. The van der Waals surface area contributed by atoms with Gasteiger partial charge < -0.3 is 14.4 Å². The molecular weight excluding hydrogens is 154 g/mol. The Morgan fingerprint density at radius 2 is 2.42 bits per heavy atom. The predicted molar refractivity (Wildman–Crippen MR) is 47.2 cm³/mol. The molecule has 0 radical (unpaired) electrons. The highest BCUT2D eigenvalue weighted by molar-refractivity contribution is 5.63. The number of nitrogens with zero attached hydrogens (tertiary/aromatic N) is 1. The lowest BCUT2D eigenvalue weighted by Crippen LogP contribution is -2.50. The van der Waals surface area contributed by atoms with E-state index in [9.17, 15) is 4.79 Å². The molecule has 0 saturated carbocycles. The number of piperidine rings is 1. The van der Waals surface area contributed by atoms with Crippen LogP contribution in [0.3, 0.4) is 0 Å². The van der Waals surface area contributed by atoms with Crippen molar-refractivity contribution in [1.29, 1.82) is 0 Å². The molecule has 0 bridgehead atoms. The molecule has 1 fully saturated rings. The highest BCUT2D eigenvalue weighted by Gasteiger charge is 2.34. The molecule has 70 valence electrons. The first kappa shape index (κ1) is 9.68. The van der Waals surface area contributed by atoms with E-state index in [4.69, 9.17) is 4.74 Å². The third kappa shape index (κ3) is 1.84. The molecular formula is C9H17NO2. The Kier molecular flexibility index (Phi) is 3.23. The molecule has 3 heteroatoms. The minimum atomic E-state index is -0.520. The number of carbonyl (C=O) groups excluding carboxylic acids is 1. The number of ether oxygens (including phenoxy) is 1. The van der Waals surface area contributed by atoms with E-state index in [0.29, 0.717) is 0 Å². The van der Waals surface area contributed by atoms with Gasteiger partial charge in [-0.05, 0) is 25.9 Å². The number of likely N-dealkylation sites (tertiary alicyclic amines) is 1. The van der Waals surface area contributed by atoms with Gasteiger partial charge in [-0.15, -0.1) is 0 Å². The topological polar surface area (TPSA) is 29.5 Å². The van der Waals surface area contributed by atoms with Gasteiger partial charge in [-0.25, -0.2) is 0 Å². The number of hydrogen-bond acceptors (Lipinski definition) is 3. The average Bonchev–Trinajstić information content (AvgIpc) is 2.18. The lowest BCUT2D eigenvalue weighted by molar-refractivity contribution is -0.134. The molecule has 1 aliphatic rings. The fraction of sp³-hybridized carbons (Fsp3) is 0.889. The van der Waals surface area contributed by atoms with Crippen molar-refractivity contribution in [2.24, 2.45) is 0 Å². The summed E-state index contributed by atoms with van der Waals surface area (Å²) in [5.41, 5.74) is -0.520. The van der Waals surface area contributed by atoms with Crippen LogP contribution in [0.1, 0.15) is 19.8 Å². The maximum atomic E-state index is 10.8. The molecule has 1 saturated heterocycles. The van der Waals surface area contributed by atoms with Crippen LogP contribution in [-0.2, 0) is 9.53 Å². The van der Waals surface area contributed by atoms with E-state index in [0.717, 1.165) is 38.8 Å². The van der Waals surface area contributed by atoms with Crippen molar-refractivity contribution in [2.45, 2.75) is 25.4 Å². The third-order valence-corrected chi connectivity index (χ3v) is 2.63. The van der Waals surface area contributed by atoms with Gasteiger partial charge in [0.2, 0.25) is 0 Å². The van der Waals surface area contributed by atoms with E-state index in [1.165, 1.54) is 0 Å². The van der Waals surface area contributed by atoms with Crippen molar-refractivity contribution in [1.82, 2.24) is 4.90 Å². The molecule has 1 unspecified atom stereocenters. The summed E-state index contributed by atoms with van der Waals surface area (Å²) in [5, 5.41) is 0. The van der Waals surface area contributed by atoms with E-state index >= 15 is 0 Å². The van der Waals surface area contributed by atoms with Crippen LogP contribution in [0.2, 0.25) is 0 Å². The maximum Gasteiger partial charge on any atom is 0.153 e. The minimum absolute atomic E-state index is 0.520. The lowest BCUT2D eigenvalue weighted by atomic mass is 9.94. The average molecular weight is 171 g/mol. The number of methoxy groups -OCH3 is 1. The highest BCUT2D eigenvalue weighted by Crippen LogP contribution is 2.21. The zero-order valence-electron chi connectivity index (χ0n) is 7.88. The van der Waals surface area contributed by atoms with E-state index in [1.54, 1.807) is 7.11 Å². The van der Waals surface area contributed by atoms with Crippen LogP contribution in [0.15, 0.2) is 0 Å². The minimum Gasteiger partial charge on any atom is -0.369 e. The van der Waals surface area contributed by atoms with Gasteiger partial charge in [0.25, 0.3) is 0 Å². The van der Waals surface area contributed by atoms with E-state index in [1.807, 2.05) is 0 Å². The van der Waals surface area contributed by atoms with Gasteiger partial charge in [-0.2, -0.15) is 0 Å². The van der Waals surface area contributed by atoms with Gasteiger partial charge in [0.05, 0.1) is 0 Å². The predicted octanol–water partition coefficient (Wildman–Crippen LogP) is 0.686. The normalized spacial score (nSPS) is 31.8. The largest absolute Gasteiger partial charge is 0.369 e. The Morgan fingerprint density at radius 3 is 2.92 bits per heavy atom. The molecule has 0 amide bonds. The zero-order chi connectivity index (χ0) is 9.03. The first-order chi connectivity index (χ1) is 5.76. The van der Waals surface area contributed by atoms with E-state index < -0.39 is 5.60 Å². The van der Waals surface area contributed by atoms with Gasteiger partial charge in [-0.1, -0.05) is 6.92 Å². The monoisotopic (exact) mass is 171 g/mol. The quantitative estimate of drug-likeness (QED) is 0.585. The summed E-state index contributed by atoms with van der Waals surface area (Å²) in [6, 6.07) is 0. The molecule has 0 N–H and O–H groups in total. The number of carbonyl (C=O) groups is 1. The highest BCUT2D eigenvalue weighted by atomic mass is 16.5. The summed E-state index contributed by atoms with van der Waals surface area (Å²) >= 11 is 0. The van der Waals surface area contributed by atoms with Crippen LogP contribution >= 0.6 is 0 Å². The van der Waals surface area contributed by atoms with Gasteiger partial charge in [0.15, 0.2) is 6.29 Å². The molecule has 0 aromatic heterocycles. The first-order valence-corrected chi connectivity index (χ1v) is 4.50. The van der Waals surface area contributed by atoms with Gasteiger partial charge >= 0.3 is 0 Å². The van der Waals surface area contributed by atoms with Crippen molar-refractivity contribution in [2.75, 3.05) is 26.7 Å². The van der Waals surface area contributed by atoms with Crippen LogP contribution in [0.5, 0.6) is 0 Å². The van der Waals surface area contributed by atoms with Crippen LogP contribution in [0.4, 0.5) is 0 Å². The number of likely N-dealkylation sites (N-methyl/N-ethyl adjacent to an activating group) is 1. The molecule has 1 aliphatic heterocycles. The standard InChI is InChI=1S/C9H17NO2/c1-3-10-6-4-5-9(7-10,8-11)12-2/h8H,3-7H2,1-2H3. The molecule has 0 spiro atoms. The smallest absolute Gasteiger partial charge is 0.153 e. The fourth-order valence-electron chi connectivity index (χ4n) is 1.72. The molecule has 1 heterocycles.